The van der Waals surface area contributed by atoms with Crippen molar-refractivity contribution in [3.8, 4) is 5.75 Å². The minimum Gasteiger partial charge on any atom is -0.494 e. The third-order valence-electron chi connectivity index (χ3n) is 4.61. The lowest BCUT2D eigenvalue weighted by Crippen LogP contribution is -2.45. The Morgan fingerprint density at radius 2 is 1.56 bits per heavy atom. The molecule has 3 rings (SSSR count). The highest BCUT2D eigenvalue weighted by atomic mass is 19.4. The van der Waals surface area contributed by atoms with Crippen LogP contribution >= 0.6 is 0 Å². The van der Waals surface area contributed by atoms with E-state index in [1.54, 1.807) is 12.1 Å². The SMILES string of the molecule is COc1ccc(CN2CCN(Cc3ccnc(C(F)(F)F)c3)CC2)cc1F. The van der Waals surface area contributed by atoms with Gasteiger partial charge in [-0.3, -0.25) is 14.8 Å². The summed E-state index contributed by atoms with van der Waals surface area (Å²) < 4.78 is 57.0. The molecule has 4 nitrogen and oxygen atoms in total. The molecule has 1 aromatic carbocycles. The summed E-state index contributed by atoms with van der Waals surface area (Å²) in [4.78, 5) is 7.70. The molecule has 146 valence electrons. The predicted octanol–water partition coefficient (Wildman–Crippen LogP) is 3.57. The first-order chi connectivity index (χ1) is 12.8. The van der Waals surface area contributed by atoms with Crippen LogP contribution in [0, 0.1) is 5.82 Å². The molecule has 27 heavy (non-hydrogen) atoms. The normalized spacial score (nSPS) is 16.5. The Morgan fingerprint density at radius 1 is 0.963 bits per heavy atom. The molecular formula is C19H21F4N3O. The van der Waals surface area contributed by atoms with E-state index in [4.69, 9.17) is 4.74 Å². The van der Waals surface area contributed by atoms with Crippen molar-refractivity contribution in [2.45, 2.75) is 19.3 Å². The van der Waals surface area contributed by atoms with Crippen molar-refractivity contribution in [3.63, 3.8) is 0 Å². The molecule has 1 fully saturated rings. The van der Waals surface area contributed by atoms with Gasteiger partial charge in [0, 0.05) is 45.5 Å². The van der Waals surface area contributed by atoms with Gasteiger partial charge in [0.2, 0.25) is 0 Å². The average Bonchev–Trinajstić information content (AvgIpc) is 2.63. The Labute approximate surface area is 155 Å². The van der Waals surface area contributed by atoms with Crippen molar-refractivity contribution < 1.29 is 22.3 Å². The second-order valence-corrected chi connectivity index (χ2v) is 6.57. The van der Waals surface area contributed by atoms with Crippen molar-refractivity contribution in [1.82, 2.24) is 14.8 Å². The smallest absolute Gasteiger partial charge is 0.433 e. The number of hydrogen-bond acceptors (Lipinski definition) is 4. The maximum atomic E-state index is 13.8. The van der Waals surface area contributed by atoms with Crippen molar-refractivity contribution in [2.75, 3.05) is 33.3 Å². The maximum absolute atomic E-state index is 13.8. The van der Waals surface area contributed by atoms with Crippen LogP contribution in [0.4, 0.5) is 17.6 Å². The quantitative estimate of drug-likeness (QED) is 0.739. The molecule has 0 radical (unpaired) electrons. The average molecular weight is 383 g/mol. The number of rotatable bonds is 5. The molecule has 0 unspecified atom stereocenters. The minimum atomic E-state index is -4.43. The summed E-state index contributed by atoms with van der Waals surface area (Å²) in [5.41, 5.74) is 0.605. The van der Waals surface area contributed by atoms with Gasteiger partial charge in [0.1, 0.15) is 5.69 Å². The van der Waals surface area contributed by atoms with Crippen molar-refractivity contribution >= 4 is 0 Å². The number of piperazine rings is 1. The summed E-state index contributed by atoms with van der Waals surface area (Å²) in [6.45, 7) is 4.10. The van der Waals surface area contributed by atoms with Gasteiger partial charge in [-0.25, -0.2) is 4.39 Å². The van der Waals surface area contributed by atoms with Gasteiger partial charge < -0.3 is 4.74 Å². The van der Waals surface area contributed by atoms with Crippen LogP contribution < -0.4 is 4.74 Å². The van der Waals surface area contributed by atoms with E-state index in [1.165, 1.54) is 19.4 Å². The molecule has 1 aliphatic rings. The van der Waals surface area contributed by atoms with Crippen LogP contribution in [-0.2, 0) is 19.3 Å². The molecule has 0 N–H and O–H groups in total. The standard InChI is InChI=1S/C19H21F4N3O/c1-27-17-3-2-14(10-16(17)20)12-25-6-8-26(9-7-25)13-15-4-5-24-18(11-15)19(21,22)23/h2-5,10-11H,6-9,12-13H2,1H3. The highest BCUT2D eigenvalue weighted by Gasteiger charge is 2.32. The summed E-state index contributed by atoms with van der Waals surface area (Å²) in [6.07, 6.45) is -3.23. The third kappa shape index (κ3) is 5.17. The number of pyridine rings is 1. The zero-order valence-electron chi connectivity index (χ0n) is 15.0. The maximum Gasteiger partial charge on any atom is 0.433 e. The largest absolute Gasteiger partial charge is 0.494 e. The molecule has 0 spiro atoms. The zero-order chi connectivity index (χ0) is 19.4. The fraction of sp³-hybridized carbons (Fsp3) is 0.421. The van der Waals surface area contributed by atoms with Crippen LogP contribution in [0.1, 0.15) is 16.8 Å². The van der Waals surface area contributed by atoms with E-state index >= 15 is 0 Å². The lowest BCUT2D eigenvalue weighted by atomic mass is 10.1. The van der Waals surface area contributed by atoms with Crippen molar-refractivity contribution in [1.29, 1.82) is 0 Å². The van der Waals surface area contributed by atoms with E-state index in [0.29, 0.717) is 18.7 Å². The van der Waals surface area contributed by atoms with E-state index in [-0.39, 0.29) is 11.6 Å². The Kier molecular flexibility index (Phi) is 5.96. The number of nitrogens with zero attached hydrogens (tertiary/aromatic N) is 3. The van der Waals surface area contributed by atoms with Crippen LogP contribution in [0.15, 0.2) is 36.5 Å². The monoisotopic (exact) mass is 383 g/mol. The summed E-state index contributed by atoms with van der Waals surface area (Å²) in [5.74, 6) is -0.161. The topological polar surface area (TPSA) is 28.6 Å². The Bertz CT molecular complexity index is 774. The molecule has 8 heteroatoms. The highest BCUT2D eigenvalue weighted by Crippen LogP contribution is 2.28. The Balaban J connectivity index is 1.53. The van der Waals surface area contributed by atoms with Gasteiger partial charge in [0.05, 0.1) is 7.11 Å². The van der Waals surface area contributed by atoms with Crippen LogP contribution in [0.5, 0.6) is 5.75 Å². The molecule has 2 heterocycles. The third-order valence-corrected chi connectivity index (χ3v) is 4.61. The number of alkyl halides is 3. The number of benzene rings is 1. The number of aromatic nitrogens is 1. The van der Waals surface area contributed by atoms with Crippen molar-refractivity contribution in [3.05, 3.63) is 59.2 Å². The van der Waals surface area contributed by atoms with E-state index < -0.39 is 11.9 Å². The van der Waals surface area contributed by atoms with E-state index in [1.807, 2.05) is 6.07 Å². The van der Waals surface area contributed by atoms with Gasteiger partial charge in [-0.1, -0.05) is 6.07 Å². The number of methoxy groups -OCH3 is 1. The minimum absolute atomic E-state index is 0.221. The molecule has 0 atom stereocenters. The van der Waals surface area contributed by atoms with Gasteiger partial charge in [0.25, 0.3) is 0 Å². The van der Waals surface area contributed by atoms with Crippen LogP contribution in [0.3, 0.4) is 0 Å². The van der Waals surface area contributed by atoms with Gasteiger partial charge in [0.15, 0.2) is 11.6 Å². The summed E-state index contributed by atoms with van der Waals surface area (Å²) in [7, 11) is 1.43. The Hall–Kier alpha value is -2.19. The number of ether oxygens (including phenoxy) is 1. The van der Waals surface area contributed by atoms with Crippen molar-refractivity contribution in [2.24, 2.45) is 0 Å². The lowest BCUT2D eigenvalue weighted by Gasteiger charge is -2.34. The predicted molar refractivity (Wildman–Crippen MR) is 92.7 cm³/mol. The zero-order valence-corrected chi connectivity index (χ0v) is 15.0. The molecule has 1 aromatic heterocycles. The Morgan fingerprint density at radius 3 is 2.07 bits per heavy atom. The fourth-order valence-corrected chi connectivity index (χ4v) is 3.16. The number of hydrogen-bond donors (Lipinski definition) is 0. The first-order valence-electron chi connectivity index (χ1n) is 8.64. The second kappa shape index (κ2) is 8.22. The van der Waals surface area contributed by atoms with Gasteiger partial charge in [-0.2, -0.15) is 13.2 Å². The highest BCUT2D eigenvalue weighted by molar-refractivity contribution is 5.29. The lowest BCUT2D eigenvalue weighted by molar-refractivity contribution is -0.141. The summed E-state index contributed by atoms with van der Waals surface area (Å²) in [6, 6.07) is 7.64. The van der Waals surface area contributed by atoms with Crippen LogP contribution in [0.25, 0.3) is 0 Å². The molecule has 0 saturated carbocycles. The van der Waals surface area contributed by atoms with Gasteiger partial charge >= 0.3 is 6.18 Å². The first-order valence-corrected chi connectivity index (χ1v) is 8.64. The van der Waals surface area contributed by atoms with E-state index in [2.05, 4.69) is 14.8 Å². The molecule has 1 aliphatic heterocycles. The summed E-state index contributed by atoms with van der Waals surface area (Å²) >= 11 is 0. The van der Waals surface area contributed by atoms with Gasteiger partial charge in [-0.05, 0) is 35.4 Å². The molecule has 0 amide bonds. The first kappa shape index (κ1) is 19.6. The van der Waals surface area contributed by atoms with E-state index in [9.17, 15) is 17.6 Å². The number of halogens is 4. The molecular weight excluding hydrogens is 362 g/mol. The second-order valence-electron chi connectivity index (χ2n) is 6.57. The molecule has 0 aliphatic carbocycles. The fourth-order valence-electron chi connectivity index (χ4n) is 3.16. The molecule has 1 saturated heterocycles. The van der Waals surface area contributed by atoms with E-state index in [0.717, 1.165) is 37.8 Å². The van der Waals surface area contributed by atoms with Crippen LogP contribution in [-0.4, -0.2) is 48.1 Å². The summed E-state index contributed by atoms with van der Waals surface area (Å²) in [5, 5.41) is 0. The molecule has 2 aromatic rings. The van der Waals surface area contributed by atoms with Gasteiger partial charge in [-0.15, -0.1) is 0 Å². The van der Waals surface area contributed by atoms with Crippen LogP contribution in [0.2, 0.25) is 0 Å². The molecule has 0 bridgehead atoms.